The zero-order valence-corrected chi connectivity index (χ0v) is 57.5. The van der Waals surface area contributed by atoms with Crippen LogP contribution < -0.4 is 9.80 Å². The fraction of sp³-hybridized carbons (Fsp3) is 0.269. The third-order valence-electron chi connectivity index (χ3n) is 14.5. The topological polar surface area (TPSA) is 168 Å². The van der Waals surface area contributed by atoms with Gasteiger partial charge in [0.15, 0.2) is 0 Å². The Kier molecular flexibility index (Phi) is 25.5. The molecule has 0 bridgehead atoms. The molecule has 0 radical (unpaired) electrons. The Hall–Kier alpha value is -8.88. The average molecular weight is 1380 g/mol. The van der Waals surface area contributed by atoms with Crippen LogP contribution in [0.25, 0.3) is 32.9 Å². The molecule has 2 atom stereocenters. The van der Waals surface area contributed by atoms with Gasteiger partial charge in [0, 0.05) is 50.9 Å². The first-order chi connectivity index (χ1) is 45.1. The van der Waals surface area contributed by atoms with Crippen molar-refractivity contribution in [3.8, 4) is 11.1 Å². The maximum absolute atomic E-state index is 13.2. The summed E-state index contributed by atoms with van der Waals surface area (Å²) in [5.74, 6) is -0.245. The predicted molar refractivity (Wildman–Crippen MR) is 379 cm³/mol. The summed E-state index contributed by atoms with van der Waals surface area (Å²) in [6.07, 6.45) is -1.58. The number of anilines is 2. The van der Waals surface area contributed by atoms with Gasteiger partial charge in [-0.05, 0) is 178 Å². The molecule has 2 aromatic heterocycles. The fourth-order valence-corrected chi connectivity index (χ4v) is 10.5. The second-order valence-electron chi connectivity index (χ2n) is 24.4. The number of halogens is 1. The standard InChI is InChI=1S/C37H36N2O4.C19H17NO2.C18H20INO2.C3H6O2.CH4O/c1-25-18-27(23-41-35-34-31(24-42-35)21-29-12-8-9-13-33(29)38-34)20-30(19-25)28-14-16-32(17-15-28)39(36(40)43-37(2,3)4)22-26-10-6-5-7-11-26;1-13-5-4-6-14(9-13)11-21-19-18-16(12-22-19)10-15-7-2-3-8-17(15)20-18;1-18(2,3)22-17(21)20(13-14-7-5-4-6-8-14)16-11-9-15(19)10-12-16;1-3(4)5-2;1-2/h5-21,35H,22-24H2,1-4H3;2-10,19H,11-12H2,1H3;4-12H,13H2,1-3H3;1-2H3;2H,1H3. The van der Waals surface area contributed by atoms with E-state index >= 15 is 0 Å². The minimum atomic E-state index is -0.596. The first-order valence-corrected chi connectivity index (χ1v) is 32.1. The molecular weight excluding hydrogens is 1300 g/mol. The van der Waals surface area contributed by atoms with Gasteiger partial charge in [0.25, 0.3) is 0 Å². The van der Waals surface area contributed by atoms with Crippen molar-refractivity contribution in [2.75, 3.05) is 24.0 Å². The SMILES string of the molecule is CC(C)(C)OC(=O)N(Cc1ccccc1)c1ccc(I)cc1.CO.COC(C)=O.Cc1cc(COC2OCc3cc4ccccc4nc32)cc(-c2ccc(N(Cc3ccccc3)C(=O)OC(C)(C)C)cc2)c1.Cc1cccc(COC2OCc3cc4ccccc4nc32)c1. The zero-order chi connectivity index (χ0) is 67.4. The molecule has 8 aromatic carbocycles. The van der Waals surface area contributed by atoms with Crippen LogP contribution in [0, 0.1) is 17.4 Å². The molecule has 2 aliphatic heterocycles. The molecular formula is C78H83IN4O11. The molecule has 0 spiro atoms. The first-order valence-electron chi connectivity index (χ1n) is 31.0. The Bertz CT molecular complexity index is 4100. The molecule has 0 saturated heterocycles. The second kappa shape index (κ2) is 33.8. The number of ether oxygens (including phenoxy) is 7. The number of esters is 1. The van der Waals surface area contributed by atoms with E-state index in [0.29, 0.717) is 39.5 Å². The van der Waals surface area contributed by atoms with E-state index in [-0.39, 0.29) is 24.4 Å². The minimum Gasteiger partial charge on any atom is -0.469 e. The largest absolute Gasteiger partial charge is 0.469 e. The molecule has 1 N–H and O–H groups in total. The normalized spacial score (nSPS) is 13.6. The molecule has 10 aromatic rings. The number of fused-ring (bicyclic) bond motifs is 4. The predicted octanol–water partition coefficient (Wildman–Crippen LogP) is 18.2. The highest BCUT2D eigenvalue weighted by atomic mass is 127. The van der Waals surface area contributed by atoms with Gasteiger partial charge < -0.3 is 38.3 Å². The zero-order valence-electron chi connectivity index (χ0n) is 55.3. The number of benzene rings is 8. The van der Waals surface area contributed by atoms with E-state index < -0.39 is 17.5 Å². The van der Waals surface area contributed by atoms with Crippen LogP contribution in [0.4, 0.5) is 21.0 Å². The van der Waals surface area contributed by atoms with Gasteiger partial charge in [0.1, 0.15) is 22.6 Å². The lowest BCUT2D eigenvalue weighted by Crippen LogP contribution is -2.36. The van der Waals surface area contributed by atoms with Gasteiger partial charge in [-0.15, -0.1) is 0 Å². The van der Waals surface area contributed by atoms with E-state index in [1.807, 2.05) is 193 Å². The summed E-state index contributed by atoms with van der Waals surface area (Å²) in [5, 5.41) is 9.25. The summed E-state index contributed by atoms with van der Waals surface area (Å²) < 4.78 is 40.4. The van der Waals surface area contributed by atoms with Crippen molar-refractivity contribution in [1.29, 1.82) is 0 Å². The summed E-state index contributed by atoms with van der Waals surface area (Å²) in [6, 6.07) is 71.0. The number of amides is 2. The summed E-state index contributed by atoms with van der Waals surface area (Å²) in [4.78, 5) is 48.2. The number of nitrogens with zero attached hydrogens (tertiary/aromatic N) is 4. The number of aliphatic hydroxyl groups excluding tert-OH is 1. The molecule has 94 heavy (non-hydrogen) atoms. The number of carbonyl (C=O) groups excluding carboxylic acids is 3. The number of carbonyl (C=O) groups is 3. The maximum atomic E-state index is 13.2. The Labute approximate surface area is 565 Å². The molecule has 2 unspecified atom stereocenters. The minimum absolute atomic E-state index is 0.245. The van der Waals surface area contributed by atoms with Crippen LogP contribution in [0.3, 0.4) is 0 Å². The van der Waals surface area contributed by atoms with Gasteiger partial charge in [-0.25, -0.2) is 19.6 Å². The van der Waals surface area contributed by atoms with Crippen LogP contribution >= 0.6 is 22.6 Å². The van der Waals surface area contributed by atoms with E-state index in [0.717, 1.165) is 105 Å². The lowest BCUT2D eigenvalue weighted by atomic mass is 10.00. The number of methoxy groups -OCH3 is 1. The molecule has 15 nitrogen and oxygen atoms in total. The van der Waals surface area contributed by atoms with Crippen molar-refractivity contribution in [2.24, 2.45) is 0 Å². The van der Waals surface area contributed by atoms with Crippen molar-refractivity contribution in [3.05, 3.63) is 272 Å². The van der Waals surface area contributed by atoms with E-state index in [1.54, 1.807) is 9.80 Å². The van der Waals surface area contributed by atoms with E-state index in [9.17, 15) is 14.4 Å². The number of aryl methyl sites for hydroxylation is 2. The molecule has 488 valence electrons. The summed E-state index contributed by atoms with van der Waals surface area (Å²) >= 11 is 2.25. The highest BCUT2D eigenvalue weighted by molar-refractivity contribution is 14.1. The van der Waals surface area contributed by atoms with Crippen LogP contribution in [0.1, 0.15) is 117 Å². The molecule has 0 fully saturated rings. The lowest BCUT2D eigenvalue weighted by molar-refractivity contribution is -0.147. The van der Waals surface area contributed by atoms with Crippen LogP contribution in [-0.4, -0.2) is 58.7 Å². The van der Waals surface area contributed by atoms with Crippen LogP contribution in [0.15, 0.2) is 212 Å². The summed E-state index contributed by atoms with van der Waals surface area (Å²) in [7, 11) is 2.35. The number of hydrogen-bond acceptors (Lipinski definition) is 13. The highest BCUT2D eigenvalue weighted by Gasteiger charge is 2.29. The molecule has 12 rings (SSSR count). The molecule has 2 amide bonds. The van der Waals surface area contributed by atoms with E-state index in [1.165, 1.54) is 19.6 Å². The van der Waals surface area contributed by atoms with Gasteiger partial charge in [0.2, 0.25) is 12.6 Å². The maximum Gasteiger partial charge on any atom is 0.415 e. The third-order valence-corrected chi connectivity index (χ3v) is 15.2. The molecule has 16 heteroatoms. The summed E-state index contributed by atoms with van der Waals surface area (Å²) in [6.45, 7) is 19.7. The smallest absolute Gasteiger partial charge is 0.415 e. The van der Waals surface area contributed by atoms with Crippen molar-refractivity contribution in [2.45, 2.75) is 126 Å². The Morgan fingerprint density at radius 3 is 1.36 bits per heavy atom. The van der Waals surface area contributed by atoms with E-state index in [4.69, 9.17) is 43.5 Å². The van der Waals surface area contributed by atoms with E-state index in [2.05, 4.69) is 102 Å². The quantitative estimate of drug-likeness (QED) is 0.0658. The number of para-hydroxylation sites is 2. The third kappa shape index (κ3) is 21.1. The first kappa shape index (κ1) is 71.0. The van der Waals surface area contributed by atoms with Gasteiger partial charge >= 0.3 is 18.2 Å². The Morgan fingerprint density at radius 2 is 0.915 bits per heavy atom. The van der Waals surface area contributed by atoms with Crippen LogP contribution in [0.5, 0.6) is 0 Å². The number of aromatic nitrogens is 2. The Morgan fingerprint density at radius 1 is 0.500 bits per heavy atom. The number of rotatable bonds is 13. The monoisotopic (exact) mass is 1380 g/mol. The van der Waals surface area contributed by atoms with Gasteiger partial charge in [-0.1, -0.05) is 157 Å². The van der Waals surface area contributed by atoms with Gasteiger partial charge in [-0.2, -0.15) is 0 Å². The van der Waals surface area contributed by atoms with Crippen molar-refractivity contribution in [1.82, 2.24) is 9.97 Å². The molecule has 0 saturated carbocycles. The second-order valence-corrected chi connectivity index (χ2v) is 25.6. The average Bonchev–Trinajstić information content (AvgIpc) is 1.60. The van der Waals surface area contributed by atoms with Crippen LogP contribution in [0.2, 0.25) is 0 Å². The van der Waals surface area contributed by atoms with Crippen molar-refractivity contribution in [3.63, 3.8) is 0 Å². The fourth-order valence-electron chi connectivity index (χ4n) is 10.1. The van der Waals surface area contributed by atoms with Crippen LogP contribution in [-0.2, 0) is 77.5 Å². The van der Waals surface area contributed by atoms with Gasteiger partial charge in [0.05, 0.1) is 57.7 Å². The van der Waals surface area contributed by atoms with Crippen molar-refractivity contribution >= 4 is 73.9 Å². The number of aliphatic hydroxyl groups is 1. The number of pyridine rings is 2. The molecule has 2 aliphatic rings. The van der Waals surface area contributed by atoms with Crippen molar-refractivity contribution < 1.29 is 52.6 Å². The molecule has 4 heterocycles. The summed E-state index contributed by atoms with van der Waals surface area (Å²) in [5.41, 5.74) is 15.2. The Balaban J connectivity index is 0.000000187. The lowest BCUT2D eigenvalue weighted by Gasteiger charge is -2.27. The van der Waals surface area contributed by atoms with Gasteiger partial charge in [-0.3, -0.25) is 14.6 Å². The highest BCUT2D eigenvalue weighted by Crippen LogP contribution is 2.36. The number of hydrogen-bond donors (Lipinski definition) is 1. The molecule has 0 aliphatic carbocycles.